The lowest BCUT2D eigenvalue weighted by atomic mass is 9.95. The van der Waals surface area contributed by atoms with Gasteiger partial charge in [-0.1, -0.05) is 26.0 Å². The third-order valence-electron chi connectivity index (χ3n) is 3.92. The molecule has 1 aliphatic heterocycles. The van der Waals surface area contributed by atoms with Crippen molar-refractivity contribution in [1.29, 1.82) is 0 Å². The van der Waals surface area contributed by atoms with Gasteiger partial charge in [0.05, 0.1) is 18.2 Å². The highest BCUT2D eigenvalue weighted by atomic mass is 16.5. The third-order valence-corrected chi connectivity index (χ3v) is 3.92. The summed E-state index contributed by atoms with van der Waals surface area (Å²) in [5, 5.41) is 19.1. The molecule has 0 spiro atoms. The summed E-state index contributed by atoms with van der Waals surface area (Å²) >= 11 is 0. The van der Waals surface area contributed by atoms with Gasteiger partial charge in [0.25, 0.3) is 5.91 Å². The number of hydrogen-bond donors (Lipinski definition) is 2. The van der Waals surface area contributed by atoms with Crippen molar-refractivity contribution in [3.05, 3.63) is 41.2 Å². The second-order valence-corrected chi connectivity index (χ2v) is 5.58. The molecule has 1 aliphatic rings. The predicted octanol–water partition coefficient (Wildman–Crippen LogP) is 2.14. The van der Waals surface area contributed by atoms with Crippen LogP contribution >= 0.6 is 0 Å². The highest BCUT2D eigenvalue weighted by Gasteiger charge is 2.42. The van der Waals surface area contributed by atoms with Crippen LogP contribution in [0.1, 0.15) is 38.3 Å². The van der Waals surface area contributed by atoms with Gasteiger partial charge in [0.2, 0.25) is 0 Å². The highest BCUT2D eigenvalue weighted by molar-refractivity contribution is 6.08. The van der Waals surface area contributed by atoms with Crippen molar-refractivity contribution in [3.63, 3.8) is 0 Å². The Bertz CT molecular complexity index is 653. The van der Waals surface area contributed by atoms with Gasteiger partial charge >= 0.3 is 0 Å². The SMILES string of the molecule is CCCN1C(=O)C(O)=C(C(=O)CC)C1c1cccc(OCCO)c1. The normalized spacial score (nSPS) is 17.5. The van der Waals surface area contributed by atoms with Gasteiger partial charge in [-0.15, -0.1) is 0 Å². The van der Waals surface area contributed by atoms with Crippen LogP contribution in [0.15, 0.2) is 35.6 Å². The lowest BCUT2D eigenvalue weighted by molar-refractivity contribution is -0.129. The number of hydrogen-bond acceptors (Lipinski definition) is 5. The molecule has 130 valence electrons. The fourth-order valence-corrected chi connectivity index (χ4v) is 2.88. The number of nitrogens with zero attached hydrogens (tertiary/aromatic N) is 1. The number of carbonyl (C=O) groups is 2. The smallest absolute Gasteiger partial charge is 0.290 e. The first-order chi connectivity index (χ1) is 11.5. The van der Waals surface area contributed by atoms with E-state index in [0.29, 0.717) is 24.3 Å². The zero-order chi connectivity index (χ0) is 17.7. The van der Waals surface area contributed by atoms with Crippen LogP contribution in [0.3, 0.4) is 0 Å². The van der Waals surface area contributed by atoms with E-state index in [1.54, 1.807) is 31.2 Å². The summed E-state index contributed by atoms with van der Waals surface area (Å²) in [4.78, 5) is 26.2. The topological polar surface area (TPSA) is 87.1 Å². The summed E-state index contributed by atoms with van der Waals surface area (Å²) in [6, 6.07) is 6.43. The van der Waals surface area contributed by atoms with Crippen LogP contribution < -0.4 is 4.74 Å². The minimum Gasteiger partial charge on any atom is -0.503 e. The molecule has 0 aromatic heterocycles. The zero-order valence-corrected chi connectivity index (χ0v) is 14.0. The van der Waals surface area contributed by atoms with E-state index < -0.39 is 17.7 Å². The Balaban J connectivity index is 2.45. The summed E-state index contributed by atoms with van der Waals surface area (Å²) in [5.41, 5.74) is 0.850. The van der Waals surface area contributed by atoms with E-state index in [4.69, 9.17) is 9.84 Å². The van der Waals surface area contributed by atoms with Gasteiger partial charge in [-0.25, -0.2) is 0 Å². The van der Waals surface area contributed by atoms with E-state index >= 15 is 0 Å². The Morgan fingerprint density at radius 2 is 2.08 bits per heavy atom. The quantitative estimate of drug-likeness (QED) is 0.761. The Hall–Kier alpha value is -2.34. The first kappa shape index (κ1) is 18.0. The molecular formula is C18H23NO5. The number of ether oxygens (including phenoxy) is 1. The minimum absolute atomic E-state index is 0.103. The maximum atomic E-state index is 12.4. The molecule has 1 atom stereocenters. The van der Waals surface area contributed by atoms with E-state index in [9.17, 15) is 14.7 Å². The van der Waals surface area contributed by atoms with Gasteiger partial charge in [0.15, 0.2) is 11.5 Å². The monoisotopic (exact) mass is 333 g/mol. The summed E-state index contributed by atoms with van der Waals surface area (Å²) < 4.78 is 5.41. The van der Waals surface area contributed by atoms with Crippen molar-refractivity contribution < 1.29 is 24.5 Å². The lowest BCUT2D eigenvalue weighted by Crippen LogP contribution is -2.31. The van der Waals surface area contributed by atoms with Gasteiger partial charge in [-0.05, 0) is 24.1 Å². The molecule has 24 heavy (non-hydrogen) atoms. The molecule has 0 bridgehead atoms. The highest BCUT2D eigenvalue weighted by Crippen LogP contribution is 2.39. The lowest BCUT2D eigenvalue weighted by Gasteiger charge is -2.26. The summed E-state index contributed by atoms with van der Waals surface area (Å²) in [5.74, 6) is -0.673. The van der Waals surface area contributed by atoms with Gasteiger partial charge in [-0.2, -0.15) is 0 Å². The molecule has 0 radical (unpaired) electrons. The molecule has 1 aromatic rings. The number of rotatable bonds is 8. The van der Waals surface area contributed by atoms with Gasteiger partial charge in [0.1, 0.15) is 12.4 Å². The zero-order valence-electron chi connectivity index (χ0n) is 14.0. The number of benzene rings is 1. The number of amides is 1. The van der Waals surface area contributed by atoms with Crippen LogP contribution in [0.5, 0.6) is 5.75 Å². The van der Waals surface area contributed by atoms with Crippen molar-refractivity contribution in [2.45, 2.75) is 32.7 Å². The van der Waals surface area contributed by atoms with Crippen molar-refractivity contribution in [2.24, 2.45) is 0 Å². The van der Waals surface area contributed by atoms with Crippen LogP contribution in [0.25, 0.3) is 0 Å². The molecule has 1 amide bonds. The fourth-order valence-electron chi connectivity index (χ4n) is 2.88. The molecule has 1 aromatic carbocycles. The second-order valence-electron chi connectivity index (χ2n) is 5.58. The van der Waals surface area contributed by atoms with E-state index in [2.05, 4.69) is 0 Å². The third kappa shape index (κ3) is 3.43. The van der Waals surface area contributed by atoms with Crippen molar-refractivity contribution >= 4 is 11.7 Å². The second kappa shape index (κ2) is 7.97. The summed E-state index contributed by atoms with van der Waals surface area (Å²) in [7, 11) is 0. The Morgan fingerprint density at radius 3 is 2.71 bits per heavy atom. The standard InChI is InChI=1S/C18H23NO5/c1-3-8-19-16(15(14(21)4-2)17(22)18(19)23)12-6-5-7-13(11-12)24-10-9-20/h5-7,11,16,20,22H,3-4,8-10H2,1-2H3. The van der Waals surface area contributed by atoms with Crippen molar-refractivity contribution in [2.75, 3.05) is 19.8 Å². The van der Waals surface area contributed by atoms with Crippen LogP contribution in [0.2, 0.25) is 0 Å². The van der Waals surface area contributed by atoms with E-state index in [0.717, 1.165) is 0 Å². The Labute approximate surface area is 141 Å². The number of aliphatic hydroxyl groups excluding tert-OH is 2. The van der Waals surface area contributed by atoms with Crippen LogP contribution in [-0.4, -0.2) is 46.6 Å². The molecule has 6 heteroatoms. The molecule has 2 N–H and O–H groups in total. The Kier molecular flexibility index (Phi) is 5.98. The van der Waals surface area contributed by atoms with Crippen molar-refractivity contribution in [3.8, 4) is 5.75 Å². The van der Waals surface area contributed by atoms with Gasteiger partial charge < -0.3 is 19.8 Å². The minimum atomic E-state index is -0.609. The van der Waals surface area contributed by atoms with Crippen LogP contribution in [-0.2, 0) is 9.59 Å². The average molecular weight is 333 g/mol. The van der Waals surface area contributed by atoms with Gasteiger partial charge in [0, 0.05) is 13.0 Å². The first-order valence-corrected chi connectivity index (χ1v) is 8.16. The maximum absolute atomic E-state index is 12.4. The van der Waals surface area contributed by atoms with Gasteiger partial charge in [-0.3, -0.25) is 9.59 Å². The first-order valence-electron chi connectivity index (χ1n) is 8.16. The maximum Gasteiger partial charge on any atom is 0.290 e. The van der Waals surface area contributed by atoms with E-state index in [1.807, 2.05) is 6.92 Å². The molecule has 0 fully saturated rings. The summed E-state index contributed by atoms with van der Waals surface area (Å²) in [6.07, 6.45) is 0.924. The number of aliphatic hydroxyl groups is 2. The van der Waals surface area contributed by atoms with Crippen molar-refractivity contribution in [1.82, 2.24) is 4.90 Å². The summed E-state index contributed by atoms with van der Waals surface area (Å²) in [6.45, 7) is 4.13. The fraction of sp³-hybridized carbons (Fsp3) is 0.444. The molecular weight excluding hydrogens is 310 g/mol. The van der Waals surface area contributed by atoms with Crippen LogP contribution in [0, 0.1) is 0 Å². The van der Waals surface area contributed by atoms with E-state index in [1.165, 1.54) is 4.90 Å². The predicted molar refractivity (Wildman–Crippen MR) is 88.7 cm³/mol. The molecule has 6 nitrogen and oxygen atoms in total. The largest absolute Gasteiger partial charge is 0.503 e. The van der Waals surface area contributed by atoms with Crippen LogP contribution in [0.4, 0.5) is 0 Å². The molecule has 1 heterocycles. The molecule has 2 rings (SSSR count). The molecule has 0 saturated carbocycles. The number of carbonyl (C=O) groups excluding carboxylic acids is 2. The van der Waals surface area contributed by atoms with E-state index in [-0.39, 0.29) is 31.0 Å². The number of Topliss-reactive ketones (excluding diaryl/α,β-unsaturated/α-hetero) is 1. The molecule has 0 aliphatic carbocycles. The number of ketones is 1. The Morgan fingerprint density at radius 1 is 1.33 bits per heavy atom. The molecule has 0 saturated heterocycles. The average Bonchev–Trinajstić information content (AvgIpc) is 2.85. The molecule has 1 unspecified atom stereocenters.